The number of hydrogen-bond acceptors (Lipinski definition) is 6. The second kappa shape index (κ2) is 5.59. The number of aromatic nitrogens is 1. The van der Waals surface area contributed by atoms with Gasteiger partial charge in [-0.3, -0.25) is 0 Å². The van der Waals surface area contributed by atoms with Crippen LogP contribution in [0.3, 0.4) is 0 Å². The summed E-state index contributed by atoms with van der Waals surface area (Å²) < 4.78 is 16.2. The summed E-state index contributed by atoms with van der Waals surface area (Å²) in [6, 6.07) is 5.48. The Morgan fingerprint density at radius 3 is 2.39 bits per heavy atom. The predicted octanol–water partition coefficient (Wildman–Crippen LogP) is 2.32. The van der Waals surface area contributed by atoms with E-state index in [-0.39, 0.29) is 0 Å². The molecule has 1 aromatic heterocycles. The first-order valence-corrected chi connectivity index (χ1v) is 6.10. The smallest absolute Gasteiger partial charge is 0.203 e. The molecule has 0 fully saturated rings. The van der Waals surface area contributed by atoms with E-state index in [9.17, 15) is 0 Å². The molecule has 2 aromatic rings. The molecule has 0 aliphatic heterocycles. The second-order valence-electron chi connectivity index (χ2n) is 3.45. The molecule has 0 radical (unpaired) electrons. The SMILES string of the molecule is COc1cccc(OC)c1OCc1cnc(N)s1. The molecule has 0 spiro atoms. The third-order valence-electron chi connectivity index (χ3n) is 2.31. The molecule has 0 aliphatic rings. The minimum atomic E-state index is 0.381. The molecule has 18 heavy (non-hydrogen) atoms. The summed E-state index contributed by atoms with van der Waals surface area (Å²) >= 11 is 1.39. The number of anilines is 1. The Kier molecular flexibility index (Phi) is 3.88. The van der Waals surface area contributed by atoms with Crippen LogP contribution in [0.5, 0.6) is 17.2 Å². The molecule has 2 rings (SSSR count). The van der Waals surface area contributed by atoms with Crippen LogP contribution in [0.25, 0.3) is 0 Å². The monoisotopic (exact) mass is 266 g/mol. The number of hydrogen-bond donors (Lipinski definition) is 1. The normalized spacial score (nSPS) is 10.1. The molecular formula is C12H14N2O3S. The molecular weight excluding hydrogens is 252 g/mol. The Morgan fingerprint density at radius 1 is 1.22 bits per heavy atom. The molecule has 0 aliphatic carbocycles. The van der Waals surface area contributed by atoms with Crippen molar-refractivity contribution in [2.45, 2.75) is 6.61 Å². The average Bonchev–Trinajstić information content (AvgIpc) is 2.81. The van der Waals surface area contributed by atoms with E-state index in [4.69, 9.17) is 19.9 Å². The zero-order valence-electron chi connectivity index (χ0n) is 10.2. The summed E-state index contributed by atoms with van der Waals surface area (Å²) in [7, 11) is 3.18. The van der Waals surface area contributed by atoms with Crippen molar-refractivity contribution in [2.24, 2.45) is 0 Å². The number of thiazole rings is 1. The zero-order valence-corrected chi connectivity index (χ0v) is 11.0. The number of methoxy groups -OCH3 is 2. The van der Waals surface area contributed by atoms with E-state index >= 15 is 0 Å². The van der Waals surface area contributed by atoms with Crippen LogP contribution in [0.1, 0.15) is 4.88 Å². The van der Waals surface area contributed by atoms with E-state index in [1.165, 1.54) is 11.3 Å². The van der Waals surface area contributed by atoms with Crippen LogP contribution in [0, 0.1) is 0 Å². The molecule has 0 atom stereocenters. The van der Waals surface area contributed by atoms with E-state index in [1.54, 1.807) is 20.4 Å². The summed E-state index contributed by atoms with van der Waals surface area (Å²) in [5, 5.41) is 0.528. The molecule has 5 nitrogen and oxygen atoms in total. The van der Waals surface area contributed by atoms with Gasteiger partial charge in [-0.05, 0) is 12.1 Å². The minimum Gasteiger partial charge on any atom is -0.493 e. The summed E-state index contributed by atoms with van der Waals surface area (Å²) in [5.74, 6) is 1.84. The summed E-state index contributed by atoms with van der Waals surface area (Å²) in [6.07, 6.45) is 1.70. The Balaban J connectivity index is 2.17. The number of benzene rings is 1. The highest BCUT2D eigenvalue weighted by Gasteiger charge is 2.11. The number of rotatable bonds is 5. The van der Waals surface area contributed by atoms with Crippen LogP contribution >= 0.6 is 11.3 Å². The molecule has 0 saturated carbocycles. The highest BCUT2D eigenvalue weighted by atomic mass is 32.1. The van der Waals surface area contributed by atoms with Gasteiger partial charge in [-0.2, -0.15) is 0 Å². The van der Waals surface area contributed by atoms with Gasteiger partial charge >= 0.3 is 0 Å². The number of para-hydroxylation sites is 1. The Morgan fingerprint density at radius 2 is 1.89 bits per heavy atom. The Bertz CT molecular complexity index is 506. The van der Waals surface area contributed by atoms with Gasteiger partial charge in [0.2, 0.25) is 5.75 Å². The van der Waals surface area contributed by atoms with E-state index in [2.05, 4.69) is 4.98 Å². The molecule has 0 bridgehead atoms. The number of nitrogen functional groups attached to an aromatic ring is 1. The van der Waals surface area contributed by atoms with E-state index in [0.29, 0.717) is 29.0 Å². The first-order valence-electron chi connectivity index (χ1n) is 5.28. The Labute approximate surface area is 109 Å². The molecule has 96 valence electrons. The molecule has 0 unspecified atom stereocenters. The number of nitrogens with two attached hydrogens (primary N) is 1. The first-order chi connectivity index (χ1) is 8.74. The lowest BCUT2D eigenvalue weighted by molar-refractivity contribution is 0.268. The molecule has 1 heterocycles. The molecule has 1 aromatic carbocycles. The van der Waals surface area contributed by atoms with Gasteiger partial charge < -0.3 is 19.9 Å². The lowest BCUT2D eigenvalue weighted by Crippen LogP contribution is -1.98. The summed E-state index contributed by atoms with van der Waals surface area (Å²) in [6.45, 7) is 0.381. The van der Waals surface area contributed by atoms with Gasteiger partial charge in [0.15, 0.2) is 16.6 Å². The standard InChI is InChI=1S/C12H14N2O3S/c1-15-9-4-3-5-10(16-2)11(9)17-7-8-6-14-12(13)18-8/h3-6H,7H2,1-2H3,(H2,13,14). The van der Waals surface area contributed by atoms with Crippen LogP contribution in [-0.2, 0) is 6.61 Å². The lowest BCUT2D eigenvalue weighted by Gasteiger charge is -2.13. The fourth-order valence-corrected chi connectivity index (χ4v) is 2.09. The highest BCUT2D eigenvalue weighted by molar-refractivity contribution is 7.15. The number of nitrogens with zero attached hydrogens (tertiary/aromatic N) is 1. The van der Waals surface area contributed by atoms with Gasteiger partial charge in [0.25, 0.3) is 0 Å². The van der Waals surface area contributed by atoms with Gasteiger partial charge in [0.05, 0.1) is 19.1 Å². The molecule has 2 N–H and O–H groups in total. The van der Waals surface area contributed by atoms with Gasteiger partial charge in [0, 0.05) is 6.20 Å². The summed E-state index contributed by atoms with van der Waals surface area (Å²) in [4.78, 5) is 4.91. The van der Waals surface area contributed by atoms with Crippen LogP contribution in [0.2, 0.25) is 0 Å². The fourth-order valence-electron chi connectivity index (χ4n) is 1.49. The first kappa shape index (κ1) is 12.5. The third-order valence-corrected chi connectivity index (χ3v) is 3.11. The van der Waals surface area contributed by atoms with Crippen molar-refractivity contribution in [2.75, 3.05) is 20.0 Å². The molecule has 0 saturated heterocycles. The van der Waals surface area contributed by atoms with Crippen molar-refractivity contribution in [1.29, 1.82) is 0 Å². The van der Waals surface area contributed by atoms with E-state index in [0.717, 1.165) is 4.88 Å². The quantitative estimate of drug-likeness (QED) is 0.899. The van der Waals surface area contributed by atoms with Crippen molar-refractivity contribution < 1.29 is 14.2 Å². The Hall–Kier alpha value is -1.95. The van der Waals surface area contributed by atoms with E-state index in [1.807, 2.05) is 18.2 Å². The minimum absolute atomic E-state index is 0.381. The predicted molar refractivity (Wildman–Crippen MR) is 70.4 cm³/mol. The maximum Gasteiger partial charge on any atom is 0.203 e. The highest BCUT2D eigenvalue weighted by Crippen LogP contribution is 2.37. The van der Waals surface area contributed by atoms with Crippen molar-refractivity contribution in [3.63, 3.8) is 0 Å². The summed E-state index contributed by atoms with van der Waals surface area (Å²) in [5.41, 5.74) is 5.56. The maximum atomic E-state index is 5.71. The van der Waals surface area contributed by atoms with Crippen molar-refractivity contribution in [3.05, 3.63) is 29.3 Å². The van der Waals surface area contributed by atoms with Gasteiger partial charge in [0.1, 0.15) is 6.61 Å². The fraction of sp³-hybridized carbons (Fsp3) is 0.250. The van der Waals surface area contributed by atoms with Crippen molar-refractivity contribution in [1.82, 2.24) is 4.98 Å². The van der Waals surface area contributed by atoms with Crippen LogP contribution < -0.4 is 19.9 Å². The maximum absolute atomic E-state index is 5.71. The van der Waals surface area contributed by atoms with Crippen LogP contribution in [0.4, 0.5) is 5.13 Å². The third kappa shape index (κ3) is 2.65. The van der Waals surface area contributed by atoms with Crippen molar-refractivity contribution >= 4 is 16.5 Å². The topological polar surface area (TPSA) is 66.6 Å². The van der Waals surface area contributed by atoms with Crippen LogP contribution in [0.15, 0.2) is 24.4 Å². The van der Waals surface area contributed by atoms with Crippen LogP contribution in [-0.4, -0.2) is 19.2 Å². The molecule has 0 amide bonds. The van der Waals surface area contributed by atoms with E-state index < -0.39 is 0 Å². The van der Waals surface area contributed by atoms with Gasteiger partial charge in [-0.1, -0.05) is 17.4 Å². The van der Waals surface area contributed by atoms with Gasteiger partial charge in [-0.15, -0.1) is 0 Å². The van der Waals surface area contributed by atoms with Gasteiger partial charge in [-0.25, -0.2) is 4.98 Å². The zero-order chi connectivity index (χ0) is 13.0. The lowest BCUT2D eigenvalue weighted by atomic mass is 10.3. The molecule has 6 heteroatoms. The number of ether oxygens (including phenoxy) is 3. The largest absolute Gasteiger partial charge is 0.493 e. The second-order valence-corrected chi connectivity index (χ2v) is 4.59. The van der Waals surface area contributed by atoms with Crippen molar-refractivity contribution in [3.8, 4) is 17.2 Å². The average molecular weight is 266 g/mol.